The monoisotopic (exact) mass is 620 g/mol. The van der Waals surface area contributed by atoms with Crippen LogP contribution in [0, 0.1) is 20.8 Å². The molecule has 0 saturated heterocycles. The molecule has 3 aliphatic heterocycles. The first-order chi connectivity index (χ1) is 23.1. The van der Waals surface area contributed by atoms with Gasteiger partial charge in [0.25, 0.3) is 0 Å². The van der Waals surface area contributed by atoms with Crippen LogP contribution < -0.4 is 21.1 Å². The van der Waals surface area contributed by atoms with Gasteiger partial charge in [0.1, 0.15) is 0 Å². The van der Waals surface area contributed by atoms with Gasteiger partial charge in [-0.25, -0.2) is 0 Å². The minimum Gasteiger partial charge on any atom is -0.355 e. The Morgan fingerprint density at radius 1 is 0.583 bits per heavy atom. The second-order valence-electron chi connectivity index (χ2n) is 15.3. The van der Waals surface area contributed by atoms with E-state index in [0.29, 0.717) is 0 Å². The number of fused-ring (bicyclic) bond motifs is 6. The average molecular weight is 621 g/mol. The van der Waals surface area contributed by atoms with Gasteiger partial charge in [-0.15, -0.1) is 0 Å². The third-order valence-corrected chi connectivity index (χ3v) is 11.5. The summed E-state index contributed by atoms with van der Waals surface area (Å²) in [6.45, 7) is 16.2. The van der Waals surface area contributed by atoms with Crippen molar-refractivity contribution in [3.63, 3.8) is 0 Å². The van der Waals surface area contributed by atoms with Crippen molar-refractivity contribution in [1.82, 2.24) is 0 Å². The number of benzene rings is 6. The topological polar surface area (TPSA) is 15.3 Å². The van der Waals surface area contributed by atoms with E-state index in [4.69, 9.17) is 0 Å². The van der Waals surface area contributed by atoms with Gasteiger partial charge in [0.15, 0.2) is 7.28 Å². The molecular weight excluding hydrogens is 579 g/mol. The second kappa shape index (κ2) is 10.00. The molecule has 9 rings (SSSR count). The molecule has 0 unspecified atom stereocenters. The number of para-hydroxylation sites is 4. The Morgan fingerprint density at radius 2 is 1.23 bits per heavy atom. The van der Waals surface area contributed by atoms with Gasteiger partial charge in [0.05, 0.1) is 11.4 Å². The highest BCUT2D eigenvalue weighted by atomic mass is 15.2. The summed E-state index contributed by atoms with van der Waals surface area (Å²) in [6, 6.07) is 41.4. The van der Waals surface area contributed by atoms with E-state index in [-0.39, 0.29) is 10.8 Å². The first-order valence-corrected chi connectivity index (χ1v) is 17.3. The zero-order valence-corrected chi connectivity index (χ0v) is 29.0. The van der Waals surface area contributed by atoms with Gasteiger partial charge in [-0.05, 0) is 101 Å². The number of rotatable bonds is 2. The summed E-state index contributed by atoms with van der Waals surface area (Å²) in [4.78, 5) is 2.60. The zero-order valence-electron chi connectivity index (χ0n) is 29.0. The third kappa shape index (κ3) is 3.94. The molecule has 0 fully saturated rings. The molecule has 2 nitrogen and oxygen atoms in total. The van der Waals surface area contributed by atoms with Gasteiger partial charge in [0, 0.05) is 33.5 Å². The highest BCUT2D eigenvalue weighted by Crippen LogP contribution is 2.54. The number of nitrogens with one attached hydrogen (secondary N) is 1. The van der Waals surface area contributed by atoms with Crippen LogP contribution in [0.3, 0.4) is 0 Å². The molecule has 0 radical (unpaired) electrons. The molecule has 0 amide bonds. The Kier molecular flexibility index (Phi) is 6.07. The summed E-state index contributed by atoms with van der Waals surface area (Å²) in [5.74, 6) is 0. The van der Waals surface area contributed by atoms with Crippen molar-refractivity contribution >= 4 is 46.6 Å². The second-order valence-corrected chi connectivity index (χ2v) is 15.3. The fourth-order valence-corrected chi connectivity index (χ4v) is 9.32. The molecule has 6 aromatic rings. The van der Waals surface area contributed by atoms with Gasteiger partial charge >= 0.3 is 0 Å². The molecule has 0 saturated carbocycles. The van der Waals surface area contributed by atoms with Gasteiger partial charge in [-0.1, -0.05) is 124 Å². The number of nitrogens with zero attached hydrogens (tertiary/aromatic N) is 1. The molecule has 6 aromatic carbocycles. The van der Waals surface area contributed by atoms with E-state index in [1.807, 2.05) is 0 Å². The molecule has 3 heteroatoms. The van der Waals surface area contributed by atoms with Crippen LogP contribution in [-0.2, 0) is 10.8 Å². The van der Waals surface area contributed by atoms with E-state index in [2.05, 4.69) is 168 Å². The molecule has 0 spiro atoms. The van der Waals surface area contributed by atoms with Crippen LogP contribution in [0.1, 0.15) is 66.6 Å². The molecule has 234 valence electrons. The Morgan fingerprint density at radius 3 is 2.02 bits per heavy atom. The summed E-state index contributed by atoms with van der Waals surface area (Å²) in [7, 11) is 0.887. The van der Waals surface area contributed by atoms with Gasteiger partial charge in [0.2, 0.25) is 0 Å². The smallest absolute Gasteiger partial charge is 0.198 e. The van der Waals surface area contributed by atoms with E-state index < -0.39 is 0 Å². The summed E-state index contributed by atoms with van der Waals surface area (Å²) in [6.07, 6.45) is 0. The highest BCUT2D eigenvalue weighted by molar-refractivity contribution is 6.73. The van der Waals surface area contributed by atoms with Crippen molar-refractivity contribution in [3.8, 4) is 22.3 Å². The van der Waals surface area contributed by atoms with Gasteiger partial charge < -0.3 is 10.2 Å². The first kappa shape index (κ1) is 29.1. The molecule has 0 bridgehead atoms. The van der Waals surface area contributed by atoms with E-state index in [0.717, 1.165) is 7.28 Å². The number of aryl methyl sites for hydroxylation is 3. The van der Waals surface area contributed by atoms with E-state index >= 15 is 0 Å². The van der Waals surface area contributed by atoms with Crippen LogP contribution in [0.5, 0.6) is 0 Å². The lowest BCUT2D eigenvalue weighted by molar-refractivity contribution is 0.632. The summed E-state index contributed by atoms with van der Waals surface area (Å²) in [5.41, 5.74) is 23.5. The Bertz CT molecular complexity index is 2320. The highest BCUT2D eigenvalue weighted by Gasteiger charge is 2.41. The fraction of sp³-hybridized carbons (Fsp3) is 0.200. The van der Waals surface area contributed by atoms with Crippen LogP contribution in [0.15, 0.2) is 109 Å². The van der Waals surface area contributed by atoms with E-state index in [1.165, 1.54) is 101 Å². The fourth-order valence-electron chi connectivity index (χ4n) is 9.32. The number of hydrogen-bond acceptors (Lipinski definition) is 2. The molecule has 0 atom stereocenters. The SMILES string of the molecule is Cc1cc(C)c(-c2cc(-c3cccc4c3Nc3ccccc3C4(C)C)c3c(c2)N2c4ccccc4C(C)(C)c4cccc(c42)B3)c(C)c1. The predicted molar refractivity (Wildman–Crippen MR) is 207 cm³/mol. The summed E-state index contributed by atoms with van der Waals surface area (Å²) >= 11 is 0. The summed E-state index contributed by atoms with van der Waals surface area (Å²) in [5, 5.41) is 3.94. The first-order valence-electron chi connectivity index (χ1n) is 17.3. The van der Waals surface area contributed by atoms with Crippen LogP contribution in [0.25, 0.3) is 22.3 Å². The molecule has 0 aromatic heterocycles. The molecular formula is C45H41BN2. The van der Waals surface area contributed by atoms with Crippen molar-refractivity contribution in [2.45, 2.75) is 59.3 Å². The molecule has 3 heterocycles. The standard InChI is InChI=1S/C45H41BN2/c1-26-22-27(2)40(28(3)23-26)29-24-31(30-14-12-17-34-42(30)47-37-20-10-8-15-32(37)44(34,4)5)41-39(25-29)48-38-21-11-9-16-33(38)45(6,7)35-18-13-19-36(46-41)43(35)48/h8-25,46-47H,1-7H3. The molecule has 0 aliphatic carbocycles. The van der Waals surface area contributed by atoms with E-state index in [9.17, 15) is 0 Å². The Hall–Kier alpha value is -5.02. The largest absolute Gasteiger partial charge is 0.355 e. The minimum atomic E-state index is -0.131. The molecule has 48 heavy (non-hydrogen) atoms. The van der Waals surface area contributed by atoms with Crippen molar-refractivity contribution in [2.24, 2.45) is 0 Å². The van der Waals surface area contributed by atoms with E-state index in [1.54, 1.807) is 0 Å². The minimum absolute atomic E-state index is 0.0953. The van der Waals surface area contributed by atoms with Crippen LogP contribution >= 0.6 is 0 Å². The Labute approximate surface area is 285 Å². The molecule has 1 N–H and O–H groups in total. The lowest BCUT2D eigenvalue weighted by atomic mass is 9.55. The van der Waals surface area contributed by atoms with Crippen LogP contribution in [-0.4, -0.2) is 7.28 Å². The predicted octanol–water partition coefficient (Wildman–Crippen LogP) is 10.1. The van der Waals surface area contributed by atoms with Gasteiger partial charge in [-0.2, -0.15) is 0 Å². The lowest BCUT2D eigenvalue weighted by Crippen LogP contribution is -2.45. The van der Waals surface area contributed by atoms with Gasteiger partial charge in [-0.3, -0.25) is 0 Å². The van der Waals surface area contributed by atoms with Crippen molar-refractivity contribution in [1.29, 1.82) is 0 Å². The maximum absolute atomic E-state index is 3.94. The average Bonchev–Trinajstić information content (AvgIpc) is 3.06. The van der Waals surface area contributed by atoms with Crippen LogP contribution in [0.4, 0.5) is 28.4 Å². The summed E-state index contributed by atoms with van der Waals surface area (Å²) < 4.78 is 0. The van der Waals surface area contributed by atoms with Crippen molar-refractivity contribution in [3.05, 3.63) is 148 Å². The van der Waals surface area contributed by atoms with Crippen LogP contribution in [0.2, 0.25) is 0 Å². The number of hydrogen-bond donors (Lipinski definition) is 1. The maximum atomic E-state index is 3.94. The quantitative estimate of drug-likeness (QED) is 0.194. The molecule has 3 aliphatic rings. The normalized spacial score (nSPS) is 15.6. The van der Waals surface area contributed by atoms with Crippen molar-refractivity contribution < 1.29 is 0 Å². The van der Waals surface area contributed by atoms with Crippen molar-refractivity contribution in [2.75, 3.05) is 10.2 Å². The maximum Gasteiger partial charge on any atom is 0.198 e. The zero-order chi connectivity index (χ0) is 33.1. The Balaban J connectivity index is 1.38. The third-order valence-electron chi connectivity index (χ3n) is 11.5. The number of anilines is 5. The lowest BCUT2D eigenvalue weighted by Gasteiger charge is -2.46.